The Bertz CT molecular complexity index is 919. The third-order valence-corrected chi connectivity index (χ3v) is 3.93. The number of nitrogens with zero attached hydrogens (tertiary/aromatic N) is 1. The number of cyclic esters (lactones) is 1. The average Bonchev–Trinajstić information content (AvgIpc) is 2.90. The van der Waals surface area contributed by atoms with Crippen molar-refractivity contribution in [3.8, 4) is 0 Å². The Hall–Kier alpha value is -3.19. The fourth-order valence-corrected chi connectivity index (χ4v) is 2.61. The maximum atomic E-state index is 12.1. The van der Waals surface area contributed by atoms with Gasteiger partial charge in [-0.2, -0.15) is 0 Å². The van der Waals surface area contributed by atoms with E-state index >= 15 is 0 Å². The topological polar surface area (TPSA) is 107 Å². The molecule has 2 aromatic rings. The minimum absolute atomic E-state index is 0.212. The first-order valence-corrected chi connectivity index (χ1v) is 7.45. The summed E-state index contributed by atoms with van der Waals surface area (Å²) in [4.78, 5) is 34.2. The molecule has 1 aliphatic heterocycles. The summed E-state index contributed by atoms with van der Waals surface area (Å²) in [6.45, 7) is 0. The first-order chi connectivity index (χ1) is 11.9. The number of nitro groups is 1. The zero-order chi connectivity index (χ0) is 18.1. The Kier molecular flexibility index (Phi) is 4.24. The molecule has 0 unspecified atom stereocenters. The van der Waals surface area contributed by atoms with E-state index in [-0.39, 0.29) is 22.4 Å². The number of esters is 1. The van der Waals surface area contributed by atoms with Gasteiger partial charge in [-0.05, 0) is 24.3 Å². The van der Waals surface area contributed by atoms with Gasteiger partial charge in [-0.1, -0.05) is 23.7 Å². The van der Waals surface area contributed by atoms with Crippen LogP contribution in [0.1, 0.15) is 17.2 Å². The summed E-state index contributed by atoms with van der Waals surface area (Å²) in [6, 6.07) is 11.3. The highest BCUT2D eigenvalue weighted by molar-refractivity contribution is 6.44. The highest BCUT2D eigenvalue weighted by Gasteiger charge is 2.42. The summed E-state index contributed by atoms with van der Waals surface area (Å²) in [5, 5.41) is 21.8. The Morgan fingerprint density at radius 2 is 1.84 bits per heavy atom. The second-order valence-electron chi connectivity index (χ2n) is 5.24. The van der Waals surface area contributed by atoms with Gasteiger partial charge in [0.15, 0.2) is 6.10 Å². The second-order valence-corrected chi connectivity index (χ2v) is 5.67. The number of nitro benzene ring substituents is 1. The number of non-ortho nitro benzene ring substituents is 1. The van der Waals surface area contributed by atoms with E-state index in [0.29, 0.717) is 5.02 Å². The number of carbonyl (C=O) groups is 2. The molecule has 2 aromatic carbocycles. The zero-order valence-corrected chi connectivity index (χ0v) is 13.3. The van der Waals surface area contributed by atoms with E-state index in [0.717, 1.165) is 0 Å². The molecular weight excluding hydrogens is 350 g/mol. The number of rotatable bonds is 3. The number of ketones is 1. The Morgan fingerprint density at radius 1 is 1.16 bits per heavy atom. The SMILES string of the molecule is O=C1O[C@@H](c2cccc([N+](=O)[O-])c2)/C(=C(\O)c2ccc(Cl)cc2)C1=O. The molecule has 25 heavy (non-hydrogen) atoms. The van der Waals surface area contributed by atoms with Gasteiger partial charge in [0.2, 0.25) is 0 Å². The highest BCUT2D eigenvalue weighted by Crippen LogP contribution is 2.37. The van der Waals surface area contributed by atoms with Crippen LogP contribution in [0.25, 0.3) is 5.76 Å². The molecule has 1 fully saturated rings. The quantitative estimate of drug-likeness (QED) is 0.225. The minimum atomic E-state index is -1.23. The maximum absolute atomic E-state index is 12.1. The van der Waals surface area contributed by atoms with Crippen molar-refractivity contribution in [2.75, 3.05) is 0 Å². The minimum Gasteiger partial charge on any atom is -0.507 e. The fraction of sp³-hybridized carbons (Fsp3) is 0.0588. The van der Waals surface area contributed by atoms with Crippen LogP contribution in [-0.2, 0) is 14.3 Å². The van der Waals surface area contributed by atoms with Gasteiger partial charge in [0.1, 0.15) is 5.76 Å². The number of Topliss-reactive ketones (excluding diaryl/α,β-unsaturated/α-hetero) is 1. The van der Waals surface area contributed by atoms with Gasteiger partial charge in [-0.25, -0.2) is 4.79 Å². The molecule has 0 spiro atoms. The van der Waals surface area contributed by atoms with Crippen LogP contribution < -0.4 is 0 Å². The number of hydrogen-bond acceptors (Lipinski definition) is 6. The number of aliphatic hydroxyl groups excluding tert-OH is 1. The summed E-state index contributed by atoms with van der Waals surface area (Å²) < 4.78 is 5.02. The van der Waals surface area contributed by atoms with Crippen LogP contribution in [0.15, 0.2) is 54.1 Å². The van der Waals surface area contributed by atoms with Crippen LogP contribution in [0, 0.1) is 10.1 Å². The molecule has 126 valence electrons. The van der Waals surface area contributed by atoms with Gasteiger partial charge in [-0.15, -0.1) is 0 Å². The van der Waals surface area contributed by atoms with Crippen LogP contribution in [-0.4, -0.2) is 21.8 Å². The van der Waals surface area contributed by atoms with Crippen molar-refractivity contribution in [3.63, 3.8) is 0 Å². The lowest BCUT2D eigenvalue weighted by Crippen LogP contribution is -2.08. The van der Waals surface area contributed by atoms with Crippen molar-refractivity contribution in [1.82, 2.24) is 0 Å². The number of benzene rings is 2. The van der Waals surface area contributed by atoms with Gasteiger partial charge >= 0.3 is 5.97 Å². The maximum Gasteiger partial charge on any atom is 0.380 e. The first-order valence-electron chi connectivity index (χ1n) is 7.07. The van der Waals surface area contributed by atoms with Crippen molar-refractivity contribution in [2.24, 2.45) is 0 Å². The van der Waals surface area contributed by atoms with Crippen molar-refractivity contribution in [1.29, 1.82) is 0 Å². The molecule has 0 radical (unpaired) electrons. The Balaban J connectivity index is 2.12. The summed E-state index contributed by atoms with van der Waals surface area (Å²) in [5.41, 5.74) is -0.0172. The molecule has 3 rings (SSSR count). The van der Waals surface area contributed by atoms with E-state index in [2.05, 4.69) is 0 Å². The van der Waals surface area contributed by atoms with E-state index in [1.54, 1.807) is 0 Å². The third kappa shape index (κ3) is 3.09. The molecule has 8 heteroatoms. The molecule has 7 nitrogen and oxygen atoms in total. The standard InChI is InChI=1S/C17H10ClNO6/c18-11-6-4-9(5-7-11)14(20)13-15(21)17(22)25-16(13)10-2-1-3-12(8-10)19(23)24/h1-8,16,20H/b14-13-/t16-/m0/s1. The molecule has 1 N–H and O–H groups in total. The lowest BCUT2D eigenvalue weighted by molar-refractivity contribution is -0.385. The van der Waals surface area contributed by atoms with Crippen LogP contribution in [0.5, 0.6) is 0 Å². The Labute approximate surface area is 146 Å². The van der Waals surface area contributed by atoms with Gasteiger partial charge in [0.05, 0.1) is 10.5 Å². The largest absolute Gasteiger partial charge is 0.507 e. The van der Waals surface area contributed by atoms with Gasteiger partial charge in [0, 0.05) is 28.3 Å². The lowest BCUT2D eigenvalue weighted by atomic mass is 9.96. The third-order valence-electron chi connectivity index (χ3n) is 3.67. The van der Waals surface area contributed by atoms with E-state index < -0.39 is 28.5 Å². The normalized spacial score (nSPS) is 18.8. The average molecular weight is 360 g/mol. The van der Waals surface area contributed by atoms with Crippen LogP contribution in [0.3, 0.4) is 0 Å². The van der Waals surface area contributed by atoms with Crippen LogP contribution >= 0.6 is 11.6 Å². The van der Waals surface area contributed by atoms with Gasteiger partial charge < -0.3 is 9.84 Å². The first kappa shape index (κ1) is 16.7. The number of aliphatic hydroxyl groups is 1. The molecule has 0 bridgehead atoms. The monoisotopic (exact) mass is 359 g/mol. The summed E-state index contributed by atoms with van der Waals surface area (Å²) in [7, 11) is 0. The van der Waals surface area contributed by atoms with Crippen LogP contribution in [0.2, 0.25) is 5.02 Å². The Morgan fingerprint density at radius 3 is 2.48 bits per heavy atom. The number of ether oxygens (including phenoxy) is 1. The molecule has 1 atom stereocenters. The predicted octanol–water partition coefficient (Wildman–Crippen LogP) is 3.38. The number of carbonyl (C=O) groups excluding carboxylic acids is 2. The molecule has 0 saturated carbocycles. The fourth-order valence-electron chi connectivity index (χ4n) is 2.48. The van der Waals surface area contributed by atoms with Crippen LogP contribution in [0.4, 0.5) is 5.69 Å². The van der Waals surface area contributed by atoms with E-state index in [1.807, 2.05) is 0 Å². The summed E-state index contributed by atoms with van der Waals surface area (Å²) >= 11 is 5.79. The molecular formula is C17H10ClNO6. The van der Waals surface area contributed by atoms with E-state index in [4.69, 9.17) is 16.3 Å². The van der Waals surface area contributed by atoms with Crippen molar-refractivity contribution in [3.05, 3.63) is 80.4 Å². The second kappa shape index (κ2) is 6.37. The molecule has 0 aromatic heterocycles. The molecule has 0 amide bonds. The molecule has 1 aliphatic rings. The molecule has 1 saturated heterocycles. The summed E-state index contributed by atoms with van der Waals surface area (Å²) in [5.74, 6) is -2.57. The van der Waals surface area contributed by atoms with Crippen molar-refractivity contribution in [2.45, 2.75) is 6.10 Å². The number of hydrogen-bond donors (Lipinski definition) is 1. The van der Waals surface area contributed by atoms with Crippen molar-refractivity contribution < 1.29 is 24.4 Å². The predicted molar refractivity (Wildman–Crippen MR) is 87.9 cm³/mol. The molecule has 1 heterocycles. The van der Waals surface area contributed by atoms with Gasteiger partial charge in [0.25, 0.3) is 11.5 Å². The van der Waals surface area contributed by atoms with Crippen molar-refractivity contribution >= 4 is 34.8 Å². The lowest BCUT2D eigenvalue weighted by Gasteiger charge is -2.12. The summed E-state index contributed by atoms with van der Waals surface area (Å²) in [6.07, 6.45) is -1.23. The van der Waals surface area contributed by atoms with Gasteiger partial charge in [-0.3, -0.25) is 14.9 Å². The van der Waals surface area contributed by atoms with E-state index in [9.17, 15) is 24.8 Å². The number of halogens is 1. The van der Waals surface area contributed by atoms with E-state index in [1.165, 1.54) is 48.5 Å². The smallest absolute Gasteiger partial charge is 0.380 e. The zero-order valence-electron chi connectivity index (χ0n) is 12.5. The molecule has 0 aliphatic carbocycles. The highest BCUT2D eigenvalue weighted by atomic mass is 35.5.